The molecule has 1 heterocycles. The van der Waals surface area contributed by atoms with Gasteiger partial charge in [-0.2, -0.15) is 4.80 Å². The number of ether oxygens (including phenoxy) is 1. The molecule has 0 aliphatic heterocycles. The highest BCUT2D eigenvalue weighted by atomic mass is 16.5. The zero-order chi connectivity index (χ0) is 15.4. The summed E-state index contributed by atoms with van der Waals surface area (Å²) >= 11 is 0. The Balaban J connectivity index is 2.33. The van der Waals surface area contributed by atoms with E-state index < -0.39 is 5.97 Å². The average molecular weight is 291 g/mol. The van der Waals surface area contributed by atoms with Gasteiger partial charge in [0, 0.05) is 12.5 Å². The minimum absolute atomic E-state index is 0.243. The second-order valence-electron chi connectivity index (χ2n) is 4.13. The summed E-state index contributed by atoms with van der Waals surface area (Å²) in [5, 5.41) is 22.7. The molecule has 110 valence electrons. The van der Waals surface area contributed by atoms with E-state index in [0.29, 0.717) is 17.0 Å². The number of benzene rings is 1. The molecular weight excluding hydrogens is 278 g/mol. The molecule has 0 fully saturated rings. The van der Waals surface area contributed by atoms with Gasteiger partial charge in [0.15, 0.2) is 6.54 Å². The molecule has 0 spiro atoms. The van der Waals surface area contributed by atoms with E-state index in [4.69, 9.17) is 9.84 Å². The summed E-state index contributed by atoms with van der Waals surface area (Å²) in [5.74, 6) is -0.557. The fourth-order valence-corrected chi connectivity index (χ4v) is 1.68. The van der Waals surface area contributed by atoms with Crippen molar-refractivity contribution in [3.05, 3.63) is 18.2 Å². The number of amides is 1. The van der Waals surface area contributed by atoms with E-state index in [2.05, 4.69) is 20.7 Å². The highest BCUT2D eigenvalue weighted by Gasteiger charge is 2.12. The number of nitrogens with one attached hydrogen (secondary N) is 1. The molecule has 21 heavy (non-hydrogen) atoms. The van der Waals surface area contributed by atoms with Crippen LogP contribution in [0.2, 0.25) is 0 Å². The third kappa shape index (κ3) is 3.53. The normalized spacial score (nSPS) is 10.2. The molecule has 1 amide bonds. The fraction of sp³-hybridized carbons (Fsp3) is 0.250. The van der Waals surface area contributed by atoms with Crippen molar-refractivity contribution in [1.82, 2.24) is 20.2 Å². The zero-order valence-corrected chi connectivity index (χ0v) is 11.4. The smallest absolute Gasteiger partial charge is 0.327 e. The lowest BCUT2D eigenvalue weighted by atomic mass is 10.1. The molecule has 0 saturated heterocycles. The molecule has 9 heteroatoms. The average Bonchev–Trinajstić information content (AvgIpc) is 2.85. The van der Waals surface area contributed by atoms with E-state index in [1.165, 1.54) is 14.0 Å². The number of aliphatic carboxylic acids is 1. The number of carboxylic acids is 1. The summed E-state index contributed by atoms with van der Waals surface area (Å²) in [6, 6.07) is 4.97. The monoisotopic (exact) mass is 291 g/mol. The molecule has 0 bridgehead atoms. The molecule has 1 aromatic heterocycles. The van der Waals surface area contributed by atoms with Crippen LogP contribution < -0.4 is 10.1 Å². The standard InChI is InChI=1S/C12H13N5O4/c1-7(18)13-9-5-8(3-4-10(9)21-2)12-14-16-17(15-12)6-11(19)20/h3-5H,6H2,1-2H3,(H,13,18)(H,19,20). The van der Waals surface area contributed by atoms with Crippen molar-refractivity contribution in [2.24, 2.45) is 0 Å². The number of tetrazole rings is 1. The van der Waals surface area contributed by atoms with Crippen molar-refractivity contribution in [2.75, 3.05) is 12.4 Å². The van der Waals surface area contributed by atoms with Gasteiger partial charge in [0.1, 0.15) is 5.75 Å². The quantitative estimate of drug-likeness (QED) is 0.817. The number of hydrogen-bond donors (Lipinski definition) is 2. The van der Waals surface area contributed by atoms with Crippen LogP contribution in [0, 0.1) is 0 Å². The Bertz CT molecular complexity index is 682. The van der Waals surface area contributed by atoms with Crippen LogP contribution in [0.5, 0.6) is 5.75 Å². The van der Waals surface area contributed by atoms with Gasteiger partial charge in [-0.1, -0.05) is 0 Å². The van der Waals surface area contributed by atoms with Gasteiger partial charge < -0.3 is 15.2 Å². The maximum absolute atomic E-state index is 11.2. The summed E-state index contributed by atoms with van der Waals surface area (Å²) < 4.78 is 5.14. The molecule has 0 atom stereocenters. The molecule has 2 N–H and O–H groups in total. The molecule has 0 radical (unpaired) electrons. The molecule has 2 rings (SSSR count). The first kappa shape index (κ1) is 14.4. The van der Waals surface area contributed by atoms with Gasteiger partial charge in [0.05, 0.1) is 12.8 Å². The molecule has 0 unspecified atom stereocenters. The van der Waals surface area contributed by atoms with E-state index in [1.807, 2.05) is 0 Å². The maximum atomic E-state index is 11.2. The molecule has 1 aromatic carbocycles. The fourth-order valence-electron chi connectivity index (χ4n) is 1.68. The third-order valence-electron chi connectivity index (χ3n) is 2.50. The van der Waals surface area contributed by atoms with Crippen LogP contribution in [0.4, 0.5) is 5.69 Å². The topological polar surface area (TPSA) is 119 Å². The maximum Gasteiger partial charge on any atom is 0.327 e. The van der Waals surface area contributed by atoms with E-state index in [1.54, 1.807) is 18.2 Å². The van der Waals surface area contributed by atoms with Crippen LogP contribution in [0.15, 0.2) is 18.2 Å². The van der Waals surface area contributed by atoms with Crippen LogP contribution >= 0.6 is 0 Å². The van der Waals surface area contributed by atoms with Gasteiger partial charge in [-0.25, -0.2) is 0 Å². The molecule has 9 nitrogen and oxygen atoms in total. The Morgan fingerprint density at radius 2 is 2.19 bits per heavy atom. The van der Waals surface area contributed by atoms with Crippen LogP contribution in [0.3, 0.4) is 0 Å². The number of methoxy groups -OCH3 is 1. The van der Waals surface area contributed by atoms with Crippen LogP contribution in [0.1, 0.15) is 6.92 Å². The predicted molar refractivity (Wildman–Crippen MR) is 71.7 cm³/mol. The van der Waals surface area contributed by atoms with E-state index in [-0.39, 0.29) is 18.3 Å². The largest absolute Gasteiger partial charge is 0.495 e. The Hall–Kier alpha value is -2.97. The van der Waals surface area contributed by atoms with Crippen molar-refractivity contribution in [1.29, 1.82) is 0 Å². The third-order valence-corrected chi connectivity index (χ3v) is 2.50. The Kier molecular flexibility index (Phi) is 4.12. The lowest BCUT2D eigenvalue weighted by molar-refractivity contribution is -0.138. The van der Waals surface area contributed by atoms with Crippen molar-refractivity contribution in [2.45, 2.75) is 13.5 Å². The van der Waals surface area contributed by atoms with Crippen LogP contribution in [-0.2, 0) is 16.1 Å². The van der Waals surface area contributed by atoms with E-state index in [9.17, 15) is 9.59 Å². The highest BCUT2D eigenvalue weighted by Crippen LogP contribution is 2.28. The Morgan fingerprint density at radius 3 is 2.81 bits per heavy atom. The first-order valence-electron chi connectivity index (χ1n) is 5.95. The SMILES string of the molecule is COc1ccc(-c2nnn(CC(=O)O)n2)cc1NC(C)=O. The minimum Gasteiger partial charge on any atom is -0.495 e. The van der Waals surface area contributed by atoms with Gasteiger partial charge in [-0.15, -0.1) is 10.2 Å². The van der Waals surface area contributed by atoms with Gasteiger partial charge in [0.25, 0.3) is 0 Å². The van der Waals surface area contributed by atoms with Crippen LogP contribution in [-0.4, -0.2) is 44.3 Å². The summed E-state index contributed by atoms with van der Waals surface area (Å²) in [6.07, 6.45) is 0. The number of carbonyl (C=O) groups is 2. The van der Waals surface area contributed by atoms with Gasteiger partial charge in [-0.3, -0.25) is 9.59 Å². The highest BCUT2D eigenvalue weighted by molar-refractivity contribution is 5.91. The molecular formula is C12H13N5O4. The summed E-state index contributed by atoms with van der Waals surface area (Å²) in [4.78, 5) is 22.7. The zero-order valence-electron chi connectivity index (χ0n) is 11.4. The van der Waals surface area contributed by atoms with Gasteiger partial charge in [-0.05, 0) is 23.4 Å². The number of rotatable bonds is 5. The van der Waals surface area contributed by atoms with Crippen molar-refractivity contribution >= 4 is 17.6 Å². The minimum atomic E-state index is -1.06. The first-order chi connectivity index (χ1) is 9.99. The summed E-state index contributed by atoms with van der Waals surface area (Å²) in [7, 11) is 1.49. The number of carboxylic acid groups (broad SMARTS) is 1. The Labute approximate surface area is 119 Å². The second-order valence-corrected chi connectivity index (χ2v) is 4.13. The lowest BCUT2D eigenvalue weighted by Crippen LogP contribution is -2.11. The summed E-state index contributed by atoms with van der Waals surface area (Å²) in [6.45, 7) is 1.01. The van der Waals surface area contributed by atoms with Crippen molar-refractivity contribution in [3.63, 3.8) is 0 Å². The van der Waals surface area contributed by atoms with Crippen molar-refractivity contribution in [3.8, 4) is 17.1 Å². The van der Waals surface area contributed by atoms with Crippen molar-refractivity contribution < 1.29 is 19.4 Å². The second kappa shape index (κ2) is 5.99. The van der Waals surface area contributed by atoms with Gasteiger partial charge >= 0.3 is 5.97 Å². The number of carbonyl (C=O) groups excluding carboxylic acids is 1. The van der Waals surface area contributed by atoms with Gasteiger partial charge in [0.2, 0.25) is 11.7 Å². The number of hydrogen-bond acceptors (Lipinski definition) is 6. The molecule has 0 saturated carbocycles. The summed E-state index contributed by atoms with van der Waals surface area (Å²) in [5.41, 5.74) is 1.05. The predicted octanol–water partition coefficient (Wildman–Crippen LogP) is 0.392. The molecule has 0 aliphatic rings. The van der Waals surface area contributed by atoms with E-state index in [0.717, 1.165) is 4.80 Å². The molecule has 2 aromatic rings. The van der Waals surface area contributed by atoms with E-state index >= 15 is 0 Å². The first-order valence-corrected chi connectivity index (χ1v) is 5.95. The Morgan fingerprint density at radius 1 is 1.43 bits per heavy atom. The number of anilines is 1. The van der Waals surface area contributed by atoms with Crippen LogP contribution in [0.25, 0.3) is 11.4 Å². The number of nitrogens with zero attached hydrogens (tertiary/aromatic N) is 4. The number of aromatic nitrogens is 4. The lowest BCUT2D eigenvalue weighted by Gasteiger charge is -2.09. The molecule has 0 aliphatic carbocycles.